The van der Waals surface area contributed by atoms with Crippen LogP contribution in [0, 0.1) is 15.4 Å². The molecule has 0 heterocycles. The second kappa shape index (κ2) is 5.40. The first-order chi connectivity index (χ1) is 9.88. The summed E-state index contributed by atoms with van der Waals surface area (Å²) in [4.78, 5) is 0. The average Bonchev–Trinajstić information content (AvgIpc) is 3.09. The minimum absolute atomic E-state index is 0.0815. The zero-order chi connectivity index (χ0) is 13.4. The van der Waals surface area contributed by atoms with Gasteiger partial charge in [0.25, 0.3) is 0 Å². The van der Waals surface area contributed by atoms with Crippen molar-refractivity contribution < 1.29 is 25.9 Å². The number of hydrogen-bond acceptors (Lipinski definition) is 1. The summed E-state index contributed by atoms with van der Waals surface area (Å²) in [6.45, 7) is 0. The van der Waals surface area contributed by atoms with Crippen molar-refractivity contribution in [1.82, 2.24) is 0 Å². The van der Waals surface area contributed by atoms with Crippen LogP contribution in [-0.4, -0.2) is 3.92 Å². The van der Waals surface area contributed by atoms with Crippen molar-refractivity contribution in [3.05, 3.63) is 58.2 Å². The Labute approximate surface area is 130 Å². The standard InChI is InChI=1S/C18H18IO/c1-2-6-16(7-3-1)20-18-9-5-4-8-17(18)19-15-11-13-10-14(13)12-15/h1-9,13-15H,10-12H2/q-1. The zero-order valence-electron chi connectivity index (χ0n) is 11.3. The summed E-state index contributed by atoms with van der Waals surface area (Å²) in [5.74, 6) is 4.19. The van der Waals surface area contributed by atoms with E-state index in [1.54, 1.807) is 0 Å². The Hall–Kier alpha value is -1.03. The quantitative estimate of drug-likeness (QED) is 0.580. The van der Waals surface area contributed by atoms with Crippen molar-refractivity contribution >= 4 is 0 Å². The van der Waals surface area contributed by atoms with Gasteiger partial charge in [0.05, 0.1) is 0 Å². The van der Waals surface area contributed by atoms with Gasteiger partial charge >= 0.3 is 131 Å². The van der Waals surface area contributed by atoms with Crippen LogP contribution in [0.3, 0.4) is 0 Å². The van der Waals surface area contributed by atoms with Crippen LogP contribution >= 0.6 is 0 Å². The summed E-state index contributed by atoms with van der Waals surface area (Å²) in [7, 11) is 0. The first kappa shape index (κ1) is 12.7. The fourth-order valence-corrected chi connectivity index (χ4v) is 6.91. The maximum absolute atomic E-state index is 6.09. The van der Waals surface area contributed by atoms with E-state index >= 15 is 0 Å². The molecule has 2 aromatic carbocycles. The molecular formula is C18H18IO-. The van der Waals surface area contributed by atoms with Crippen LogP contribution < -0.4 is 25.9 Å². The molecule has 0 aromatic heterocycles. The van der Waals surface area contributed by atoms with E-state index in [1.165, 1.54) is 22.8 Å². The van der Waals surface area contributed by atoms with Gasteiger partial charge in [-0.2, -0.15) is 0 Å². The SMILES string of the molecule is c1ccc(Oc2ccccc2[I-]C2CC3CC3C2)cc1. The monoisotopic (exact) mass is 377 g/mol. The van der Waals surface area contributed by atoms with Crippen molar-refractivity contribution in [1.29, 1.82) is 0 Å². The predicted molar refractivity (Wildman–Crippen MR) is 76.3 cm³/mol. The average molecular weight is 377 g/mol. The van der Waals surface area contributed by atoms with Gasteiger partial charge in [-0.3, -0.25) is 0 Å². The van der Waals surface area contributed by atoms with Crippen LogP contribution in [0.2, 0.25) is 0 Å². The van der Waals surface area contributed by atoms with Gasteiger partial charge in [0.1, 0.15) is 0 Å². The van der Waals surface area contributed by atoms with Gasteiger partial charge in [0, 0.05) is 0 Å². The first-order valence-corrected chi connectivity index (χ1v) is 9.66. The summed E-state index contributed by atoms with van der Waals surface area (Å²) in [6.07, 6.45) is 4.48. The van der Waals surface area contributed by atoms with Crippen LogP contribution in [0.1, 0.15) is 19.3 Å². The third kappa shape index (κ3) is 2.71. The van der Waals surface area contributed by atoms with Crippen molar-refractivity contribution in [2.24, 2.45) is 11.8 Å². The Bertz CT molecular complexity index is 585. The Morgan fingerprint density at radius 1 is 0.800 bits per heavy atom. The molecule has 2 unspecified atom stereocenters. The minimum atomic E-state index is 0.0815. The van der Waals surface area contributed by atoms with Crippen molar-refractivity contribution in [3.8, 4) is 11.5 Å². The molecule has 20 heavy (non-hydrogen) atoms. The maximum atomic E-state index is 6.09. The van der Waals surface area contributed by atoms with Gasteiger partial charge in [-0.15, -0.1) is 0 Å². The summed E-state index contributed by atoms with van der Waals surface area (Å²) < 4.78 is 8.54. The van der Waals surface area contributed by atoms with Crippen molar-refractivity contribution in [3.63, 3.8) is 0 Å². The summed E-state index contributed by atoms with van der Waals surface area (Å²) in [6, 6.07) is 18.8. The van der Waals surface area contributed by atoms with E-state index in [0.717, 1.165) is 27.3 Å². The Morgan fingerprint density at radius 3 is 2.30 bits per heavy atom. The van der Waals surface area contributed by atoms with Crippen molar-refractivity contribution in [2.75, 3.05) is 0 Å². The molecular weight excluding hydrogens is 359 g/mol. The molecule has 0 aliphatic heterocycles. The molecule has 0 saturated heterocycles. The second-order valence-corrected chi connectivity index (χ2v) is 9.33. The number of alkyl halides is 1. The number of benzene rings is 2. The third-order valence-electron chi connectivity index (χ3n) is 4.27. The molecule has 0 spiro atoms. The number of rotatable bonds is 4. The molecule has 2 atom stereocenters. The molecule has 0 radical (unpaired) electrons. The van der Waals surface area contributed by atoms with E-state index in [1.807, 2.05) is 30.3 Å². The Kier molecular flexibility index (Phi) is 3.42. The molecule has 104 valence electrons. The van der Waals surface area contributed by atoms with Crippen LogP contribution in [0.25, 0.3) is 0 Å². The van der Waals surface area contributed by atoms with E-state index in [9.17, 15) is 0 Å². The van der Waals surface area contributed by atoms with E-state index in [2.05, 4.69) is 24.3 Å². The van der Waals surface area contributed by atoms with Crippen LogP contribution in [0.4, 0.5) is 0 Å². The summed E-state index contributed by atoms with van der Waals surface area (Å²) in [5, 5.41) is 0. The van der Waals surface area contributed by atoms with Gasteiger partial charge in [-0.1, -0.05) is 0 Å². The van der Waals surface area contributed by atoms with Crippen LogP contribution in [0.5, 0.6) is 11.5 Å². The fourth-order valence-electron chi connectivity index (χ4n) is 3.13. The second-order valence-electron chi connectivity index (χ2n) is 5.78. The predicted octanol–water partition coefficient (Wildman–Crippen LogP) is 1.54. The molecule has 0 bridgehead atoms. The number of hydrogen-bond donors (Lipinski definition) is 0. The molecule has 0 N–H and O–H groups in total. The van der Waals surface area contributed by atoms with E-state index in [4.69, 9.17) is 4.74 Å². The van der Waals surface area contributed by atoms with Crippen LogP contribution in [0.15, 0.2) is 54.6 Å². The molecule has 1 nitrogen and oxygen atoms in total. The van der Waals surface area contributed by atoms with Crippen LogP contribution in [-0.2, 0) is 0 Å². The molecule has 2 saturated carbocycles. The molecule has 2 aromatic rings. The molecule has 2 heteroatoms. The fraction of sp³-hybridized carbons (Fsp3) is 0.333. The topological polar surface area (TPSA) is 9.23 Å². The summed E-state index contributed by atoms with van der Waals surface area (Å²) in [5.41, 5.74) is 0. The molecule has 2 aliphatic carbocycles. The normalized spacial score (nSPS) is 27.3. The Morgan fingerprint density at radius 2 is 1.50 bits per heavy atom. The summed E-state index contributed by atoms with van der Waals surface area (Å²) >= 11 is 0.0815. The van der Waals surface area contributed by atoms with E-state index in [0.29, 0.717) is 0 Å². The Balaban J connectivity index is 1.51. The number of fused-ring (bicyclic) bond motifs is 1. The molecule has 4 rings (SSSR count). The van der Waals surface area contributed by atoms with Gasteiger partial charge in [-0.25, -0.2) is 0 Å². The third-order valence-corrected chi connectivity index (χ3v) is 7.73. The van der Waals surface area contributed by atoms with Crippen molar-refractivity contribution in [2.45, 2.75) is 23.2 Å². The molecule has 0 amide bonds. The first-order valence-electron chi connectivity index (χ1n) is 7.34. The zero-order valence-corrected chi connectivity index (χ0v) is 13.5. The number of para-hydroxylation sites is 2. The van der Waals surface area contributed by atoms with Gasteiger partial charge < -0.3 is 0 Å². The van der Waals surface area contributed by atoms with E-state index in [-0.39, 0.29) is 21.2 Å². The number of halogens is 1. The number of ether oxygens (including phenoxy) is 1. The van der Waals surface area contributed by atoms with Gasteiger partial charge in [0.2, 0.25) is 0 Å². The molecule has 2 aliphatic rings. The van der Waals surface area contributed by atoms with Gasteiger partial charge in [0.15, 0.2) is 0 Å². The molecule has 2 fully saturated rings. The van der Waals surface area contributed by atoms with E-state index < -0.39 is 0 Å². The van der Waals surface area contributed by atoms with Gasteiger partial charge in [-0.05, 0) is 0 Å².